The Kier molecular flexibility index (Phi) is 3.78. The molecule has 10 heteroatoms. The molecule has 0 aliphatic carbocycles. The van der Waals surface area contributed by atoms with Crippen LogP contribution in [0.5, 0.6) is 0 Å². The summed E-state index contributed by atoms with van der Waals surface area (Å²) in [6, 6.07) is 3.89. The largest absolute Gasteiger partial charge is 0.281 e. The van der Waals surface area contributed by atoms with Crippen LogP contribution in [0.1, 0.15) is 11.3 Å². The van der Waals surface area contributed by atoms with Gasteiger partial charge >= 0.3 is 0 Å². The van der Waals surface area contributed by atoms with Crippen molar-refractivity contribution in [2.24, 2.45) is 5.14 Å². The van der Waals surface area contributed by atoms with Gasteiger partial charge in [-0.3, -0.25) is 9.82 Å². The maximum atomic E-state index is 12.2. The van der Waals surface area contributed by atoms with E-state index in [9.17, 15) is 16.8 Å². The van der Waals surface area contributed by atoms with Crippen LogP contribution in [-0.4, -0.2) is 27.0 Å². The summed E-state index contributed by atoms with van der Waals surface area (Å²) >= 11 is 0. The summed E-state index contributed by atoms with van der Waals surface area (Å²) in [5, 5.41) is 11.2. The Morgan fingerprint density at radius 2 is 1.86 bits per heavy atom. The fourth-order valence-corrected chi connectivity index (χ4v) is 3.61. The number of nitrogens with one attached hydrogen (secondary N) is 2. The standard InChI is InChI=1S/C11H14N4O4S2/c1-7-5-9(20(12,16)17)3-4-10(7)15-21(18,19)11-6-13-14-8(11)2/h3-6,15H,1-2H3,(H,13,14)(H2,12,16,17). The summed E-state index contributed by atoms with van der Waals surface area (Å²) in [7, 11) is -7.62. The quantitative estimate of drug-likeness (QED) is 0.749. The lowest BCUT2D eigenvalue weighted by atomic mass is 10.2. The maximum Gasteiger partial charge on any atom is 0.265 e. The first kappa shape index (κ1) is 15.5. The van der Waals surface area contributed by atoms with Crippen LogP contribution >= 0.6 is 0 Å². The van der Waals surface area contributed by atoms with E-state index in [4.69, 9.17) is 5.14 Å². The Balaban J connectivity index is 2.39. The third-order valence-corrected chi connectivity index (χ3v) is 5.23. The molecule has 2 aromatic rings. The number of nitrogens with two attached hydrogens (primary N) is 1. The van der Waals surface area contributed by atoms with Gasteiger partial charge in [0.15, 0.2) is 0 Å². The molecule has 0 fully saturated rings. The number of benzene rings is 1. The van der Waals surface area contributed by atoms with Gasteiger partial charge in [-0.1, -0.05) is 0 Å². The van der Waals surface area contributed by atoms with Gasteiger partial charge in [-0.15, -0.1) is 0 Å². The van der Waals surface area contributed by atoms with Gasteiger partial charge in [0.2, 0.25) is 10.0 Å². The van der Waals surface area contributed by atoms with Gasteiger partial charge in [0.1, 0.15) is 4.90 Å². The van der Waals surface area contributed by atoms with Crippen LogP contribution in [0.2, 0.25) is 0 Å². The van der Waals surface area contributed by atoms with Crippen LogP contribution in [0.25, 0.3) is 0 Å². The van der Waals surface area contributed by atoms with Gasteiger partial charge in [0, 0.05) is 0 Å². The van der Waals surface area contributed by atoms with Gasteiger partial charge in [0.05, 0.1) is 22.5 Å². The summed E-state index contributed by atoms with van der Waals surface area (Å²) in [5.41, 5.74) is 1.11. The van der Waals surface area contributed by atoms with Crippen LogP contribution in [0.3, 0.4) is 0 Å². The molecular formula is C11H14N4O4S2. The number of rotatable bonds is 4. The van der Waals surface area contributed by atoms with Crippen molar-refractivity contribution in [3.63, 3.8) is 0 Å². The van der Waals surface area contributed by atoms with Gasteiger partial charge in [0.25, 0.3) is 10.0 Å². The monoisotopic (exact) mass is 330 g/mol. The lowest BCUT2D eigenvalue weighted by Gasteiger charge is -2.11. The number of aryl methyl sites for hydroxylation is 2. The van der Waals surface area contributed by atoms with Crippen LogP contribution in [0.15, 0.2) is 34.2 Å². The normalized spacial score (nSPS) is 12.3. The first-order chi connectivity index (χ1) is 9.61. The molecule has 0 amide bonds. The Bertz CT molecular complexity index is 885. The molecule has 4 N–H and O–H groups in total. The highest BCUT2D eigenvalue weighted by atomic mass is 32.2. The minimum absolute atomic E-state index is 0.0254. The molecule has 0 atom stereocenters. The number of primary sulfonamides is 1. The first-order valence-corrected chi connectivity index (χ1v) is 8.80. The average Bonchev–Trinajstić information content (AvgIpc) is 2.77. The highest BCUT2D eigenvalue weighted by Crippen LogP contribution is 2.23. The zero-order valence-electron chi connectivity index (χ0n) is 11.3. The molecule has 114 valence electrons. The average molecular weight is 330 g/mol. The number of hydrogen-bond acceptors (Lipinski definition) is 5. The molecule has 0 aliphatic heterocycles. The zero-order chi connectivity index (χ0) is 15.8. The van der Waals surface area contributed by atoms with Crippen molar-refractivity contribution in [1.82, 2.24) is 10.2 Å². The molecular weight excluding hydrogens is 316 g/mol. The minimum Gasteiger partial charge on any atom is -0.281 e. The third-order valence-electron chi connectivity index (χ3n) is 2.84. The van der Waals surface area contributed by atoms with E-state index in [0.29, 0.717) is 11.3 Å². The Morgan fingerprint density at radius 3 is 2.33 bits per heavy atom. The molecule has 0 unspecified atom stereocenters. The van der Waals surface area contributed by atoms with Gasteiger partial charge in [-0.25, -0.2) is 22.0 Å². The molecule has 21 heavy (non-hydrogen) atoms. The summed E-state index contributed by atoms with van der Waals surface area (Å²) in [5.74, 6) is 0. The van der Waals surface area contributed by atoms with E-state index in [0.717, 1.165) is 0 Å². The molecule has 0 saturated carbocycles. The lowest BCUT2D eigenvalue weighted by molar-refractivity contribution is 0.597. The van der Waals surface area contributed by atoms with Crippen LogP contribution < -0.4 is 9.86 Å². The molecule has 0 aliphatic rings. The molecule has 8 nitrogen and oxygen atoms in total. The minimum atomic E-state index is -3.83. The van der Waals surface area contributed by atoms with E-state index in [-0.39, 0.29) is 15.5 Å². The van der Waals surface area contributed by atoms with E-state index < -0.39 is 20.0 Å². The molecule has 0 saturated heterocycles. The number of hydrogen-bond donors (Lipinski definition) is 3. The molecule has 2 rings (SSSR count). The molecule has 0 bridgehead atoms. The van der Waals surface area contributed by atoms with Crippen molar-refractivity contribution in [2.45, 2.75) is 23.6 Å². The second kappa shape index (κ2) is 5.13. The summed E-state index contributed by atoms with van der Waals surface area (Å²) in [6.07, 6.45) is 1.20. The van der Waals surface area contributed by atoms with Crippen molar-refractivity contribution >= 4 is 25.7 Å². The molecule has 1 aromatic heterocycles. The predicted octanol–water partition coefficient (Wildman–Crippen LogP) is 0.475. The highest BCUT2D eigenvalue weighted by molar-refractivity contribution is 7.92. The predicted molar refractivity (Wildman–Crippen MR) is 76.7 cm³/mol. The molecule has 1 heterocycles. The van der Waals surface area contributed by atoms with E-state index in [2.05, 4.69) is 14.9 Å². The molecule has 1 aromatic carbocycles. The number of aromatic nitrogens is 2. The fraction of sp³-hybridized carbons (Fsp3) is 0.182. The number of nitrogens with zero attached hydrogens (tertiary/aromatic N) is 1. The van der Waals surface area contributed by atoms with Crippen LogP contribution in [0.4, 0.5) is 5.69 Å². The topological polar surface area (TPSA) is 135 Å². The van der Waals surface area contributed by atoms with Crippen LogP contribution in [0, 0.1) is 13.8 Å². The SMILES string of the molecule is Cc1cc(S(N)(=O)=O)ccc1NS(=O)(=O)c1cn[nH]c1C. The Morgan fingerprint density at radius 1 is 1.19 bits per heavy atom. The van der Waals surface area contributed by atoms with E-state index in [1.807, 2.05) is 0 Å². The first-order valence-electron chi connectivity index (χ1n) is 5.77. The van der Waals surface area contributed by atoms with Crippen LogP contribution in [-0.2, 0) is 20.0 Å². The maximum absolute atomic E-state index is 12.2. The Hall–Kier alpha value is -1.91. The van der Waals surface area contributed by atoms with E-state index >= 15 is 0 Å². The van der Waals surface area contributed by atoms with Crippen molar-refractivity contribution in [3.05, 3.63) is 35.7 Å². The van der Waals surface area contributed by atoms with Crippen molar-refractivity contribution < 1.29 is 16.8 Å². The molecule has 0 spiro atoms. The van der Waals surface area contributed by atoms with Gasteiger partial charge in [-0.2, -0.15) is 5.10 Å². The molecule has 0 radical (unpaired) electrons. The highest BCUT2D eigenvalue weighted by Gasteiger charge is 2.20. The summed E-state index contributed by atoms with van der Waals surface area (Å²) < 4.78 is 49.3. The number of anilines is 1. The van der Waals surface area contributed by atoms with Crippen molar-refractivity contribution in [2.75, 3.05) is 4.72 Å². The zero-order valence-corrected chi connectivity index (χ0v) is 12.9. The third kappa shape index (κ3) is 3.23. The second-order valence-electron chi connectivity index (χ2n) is 4.49. The summed E-state index contributed by atoms with van der Waals surface area (Å²) in [4.78, 5) is -0.0557. The second-order valence-corrected chi connectivity index (χ2v) is 7.70. The number of sulfonamides is 2. The number of aromatic amines is 1. The fourth-order valence-electron chi connectivity index (χ4n) is 1.74. The Labute approximate surface area is 122 Å². The van der Waals surface area contributed by atoms with E-state index in [1.165, 1.54) is 24.4 Å². The lowest BCUT2D eigenvalue weighted by Crippen LogP contribution is -2.15. The van der Waals surface area contributed by atoms with Gasteiger partial charge in [-0.05, 0) is 37.6 Å². The van der Waals surface area contributed by atoms with Gasteiger partial charge < -0.3 is 0 Å². The van der Waals surface area contributed by atoms with Crippen molar-refractivity contribution in [3.8, 4) is 0 Å². The smallest absolute Gasteiger partial charge is 0.265 e. The number of H-pyrrole nitrogens is 1. The van der Waals surface area contributed by atoms with Crippen molar-refractivity contribution in [1.29, 1.82) is 0 Å². The summed E-state index contributed by atoms with van der Waals surface area (Å²) in [6.45, 7) is 3.16. The van der Waals surface area contributed by atoms with E-state index in [1.54, 1.807) is 13.8 Å².